The highest BCUT2D eigenvalue weighted by molar-refractivity contribution is 5.94. The number of likely N-dealkylation sites (tertiary alicyclic amines) is 2. The molecular weight excluding hydrogens is 784 g/mol. The highest BCUT2D eigenvalue weighted by Crippen LogP contribution is 2.40. The van der Waals surface area contributed by atoms with E-state index in [-0.39, 0.29) is 40.5 Å². The van der Waals surface area contributed by atoms with Crippen molar-refractivity contribution >= 4 is 29.0 Å². The van der Waals surface area contributed by atoms with Gasteiger partial charge in [-0.15, -0.1) is 20.4 Å². The number of pyridine rings is 2. The molecule has 3 amide bonds. The molecule has 2 aliphatic rings. The van der Waals surface area contributed by atoms with Crippen LogP contribution >= 0.6 is 0 Å². The van der Waals surface area contributed by atoms with Gasteiger partial charge in [0.15, 0.2) is 11.3 Å². The number of halogens is 6. The van der Waals surface area contributed by atoms with Crippen LogP contribution in [-0.2, 0) is 12.4 Å². The molecule has 0 spiro atoms. The molecule has 0 bridgehead atoms. The Hall–Kier alpha value is -6.53. The molecule has 0 aliphatic carbocycles. The van der Waals surface area contributed by atoms with Gasteiger partial charge in [0.1, 0.15) is 5.75 Å². The number of benzene rings is 2. The first-order valence-corrected chi connectivity index (χ1v) is 18.6. The smallest absolute Gasteiger partial charge is 0.416 e. The van der Waals surface area contributed by atoms with Gasteiger partial charge in [-0.2, -0.15) is 26.3 Å². The molecule has 2 fully saturated rings. The van der Waals surface area contributed by atoms with Crippen molar-refractivity contribution in [3.8, 4) is 5.75 Å². The summed E-state index contributed by atoms with van der Waals surface area (Å²) in [6.07, 6.45) is -4.04. The minimum absolute atomic E-state index is 0.0299. The van der Waals surface area contributed by atoms with Crippen molar-refractivity contribution in [2.75, 3.05) is 33.3 Å². The molecule has 0 saturated carbocycles. The Morgan fingerprint density at radius 3 is 1.46 bits per heavy atom. The third-order valence-electron chi connectivity index (χ3n) is 10.7. The van der Waals surface area contributed by atoms with Gasteiger partial charge < -0.3 is 20.3 Å². The van der Waals surface area contributed by atoms with Gasteiger partial charge in [0, 0.05) is 32.4 Å². The Morgan fingerprint density at radius 1 is 0.610 bits per heavy atom. The summed E-state index contributed by atoms with van der Waals surface area (Å²) in [4.78, 5) is 40.4. The van der Waals surface area contributed by atoms with Crippen LogP contribution in [0.25, 0.3) is 11.3 Å². The van der Waals surface area contributed by atoms with E-state index in [1.54, 1.807) is 44.7 Å². The van der Waals surface area contributed by atoms with E-state index >= 15 is 0 Å². The van der Waals surface area contributed by atoms with Crippen LogP contribution in [-0.4, -0.2) is 90.0 Å². The Bertz CT molecular complexity index is 2500. The standard InChI is InChI=1S/C20H18F3N5O2.C20H19F3N4O2/c21-20(22,23)15-4-2-1-3-14(15)12-7-9-27(10-8-12)19(30)18-26-25-16-6-5-13(17(24)29)11-28(16)18;1-29-14-6-7-17-24-25-18(27(17)12-14)19(28)26-10-8-13(9-11-26)15-4-2-3-5-16(15)20(21,22)23/h1-6,11-12H,7-10H2,(H2,24,29);2-7,12-13H,8-11H2,1H3. The van der Waals surface area contributed by atoms with Crippen LogP contribution in [0.15, 0.2) is 85.2 Å². The Kier molecular flexibility index (Phi) is 11.3. The lowest BCUT2D eigenvalue weighted by Gasteiger charge is -2.32. The summed E-state index contributed by atoms with van der Waals surface area (Å²) in [6, 6.07) is 17.7. The van der Waals surface area contributed by atoms with Crippen LogP contribution < -0.4 is 10.5 Å². The van der Waals surface area contributed by atoms with Crippen LogP contribution in [0.2, 0.25) is 0 Å². The number of nitrogens with two attached hydrogens (primary N) is 1. The highest BCUT2D eigenvalue weighted by Gasteiger charge is 2.38. The van der Waals surface area contributed by atoms with E-state index in [9.17, 15) is 40.7 Å². The molecule has 6 heterocycles. The predicted molar refractivity (Wildman–Crippen MR) is 200 cm³/mol. The normalized spacial score (nSPS) is 15.6. The van der Waals surface area contributed by atoms with E-state index < -0.39 is 35.3 Å². The summed E-state index contributed by atoms with van der Waals surface area (Å²) in [5.41, 5.74) is 5.73. The fourth-order valence-corrected chi connectivity index (χ4v) is 7.61. The van der Waals surface area contributed by atoms with Crippen molar-refractivity contribution in [2.24, 2.45) is 5.73 Å². The number of hydrogen-bond acceptors (Lipinski definition) is 8. The quantitative estimate of drug-likeness (QED) is 0.184. The van der Waals surface area contributed by atoms with E-state index in [2.05, 4.69) is 20.4 Å². The fourth-order valence-electron chi connectivity index (χ4n) is 7.61. The van der Waals surface area contributed by atoms with Crippen LogP contribution in [0.3, 0.4) is 0 Å². The number of fused-ring (bicyclic) bond motifs is 2. The molecule has 6 aromatic rings. The number of aromatic nitrogens is 6. The molecule has 2 aliphatic heterocycles. The first-order chi connectivity index (χ1) is 28.1. The lowest BCUT2D eigenvalue weighted by Crippen LogP contribution is -2.39. The molecule has 0 unspecified atom stereocenters. The van der Waals surface area contributed by atoms with Crippen molar-refractivity contribution in [3.63, 3.8) is 0 Å². The van der Waals surface area contributed by atoms with Gasteiger partial charge in [-0.3, -0.25) is 23.2 Å². The zero-order chi connectivity index (χ0) is 42.1. The third-order valence-corrected chi connectivity index (χ3v) is 10.7. The fraction of sp³-hybridized carbons (Fsp3) is 0.325. The van der Waals surface area contributed by atoms with Crippen molar-refractivity contribution < 1.29 is 45.5 Å². The lowest BCUT2D eigenvalue weighted by molar-refractivity contribution is -0.139. The minimum Gasteiger partial charge on any atom is -0.495 e. The molecule has 0 radical (unpaired) electrons. The van der Waals surface area contributed by atoms with E-state index in [4.69, 9.17) is 10.5 Å². The van der Waals surface area contributed by atoms with E-state index in [0.29, 0.717) is 74.5 Å². The molecule has 2 aromatic carbocycles. The minimum atomic E-state index is -4.41. The summed E-state index contributed by atoms with van der Waals surface area (Å²) in [5.74, 6) is -1.12. The molecule has 59 heavy (non-hydrogen) atoms. The second kappa shape index (κ2) is 16.4. The zero-order valence-electron chi connectivity index (χ0n) is 31.5. The van der Waals surface area contributed by atoms with Crippen molar-refractivity contribution in [2.45, 2.75) is 49.9 Å². The maximum Gasteiger partial charge on any atom is 0.416 e. The van der Waals surface area contributed by atoms with Gasteiger partial charge >= 0.3 is 12.4 Å². The topological polar surface area (TPSA) is 153 Å². The SMILES string of the molecule is COc1ccc2nnc(C(=O)N3CCC(c4ccccc4C(F)(F)F)CC3)n2c1.NC(=O)c1ccc2nnc(C(=O)N3CCC(c4ccccc4C(F)(F)F)CC3)n2c1. The first kappa shape index (κ1) is 40.7. The molecular formula is C40H37F6N9O4. The maximum atomic E-state index is 13.3. The number of hydrogen-bond donors (Lipinski definition) is 1. The molecule has 19 heteroatoms. The number of methoxy groups -OCH3 is 1. The predicted octanol–water partition coefficient (Wildman–Crippen LogP) is 6.64. The molecule has 4 aromatic heterocycles. The van der Waals surface area contributed by atoms with Crippen LogP contribution in [0, 0.1) is 0 Å². The number of amides is 3. The Balaban J connectivity index is 0.000000179. The zero-order valence-corrected chi connectivity index (χ0v) is 31.5. The van der Waals surface area contributed by atoms with Gasteiger partial charge in [-0.25, -0.2) is 0 Å². The summed E-state index contributed by atoms with van der Waals surface area (Å²) in [6.45, 7) is 1.30. The average molecular weight is 822 g/mol. The molecule has 13 nitrogen and oxygen atoms in total. The number of rotatable bonds is 6. The van der Waals surface area contributed by atoms with Crippen molar-refractivity contribution in [1.29, 1.82) is 0 Å². The second-order valence-electron chi connectivity index (χ2n) is 14.2. The van der Waals surface area contributed by atoms with E-state index in [1.165, 1.54) is 54.1 Å². The third kappa shape index (κ3) is 8.54. The van der Waals surface area contributed by atoms with Gasteiger partial charge in [0.2, 0.25) is 17.6 Å². The molecule has 8 rings (SSSR count). The number of ether oxygens (including phenoxy) is 1. The largest absolute Gasteiger partial charge is 0.495 e. The van der Waals surface area contributed by atoms with Crippen molar-refractivity contribution in [3.05, 3.63) is 125 Å². The van der Waals surface area contributed by atoms with Gasteiger partial charge in [0.25, 0.3) is 11.8 Å². The summed E-state index contributed by atoms with van der Waals surface area (Å²) in [7, 11) is 1.52. The monoisotopic (exact) mass is 821 g/mol. The lowest BCUT2D eigenvalue weighted by atomic mass is 9.86. The number of carbonyl (C=O) groups excluding carboxylic acids is 3. The Morgan fingerprint density at radius 2 is 1.03 bits per heavy atom. The number of nitrogens with zero attached hydrogens (tertiary/aromatic N) is 8. The molecule has 2 saturated heterocycles. The number of piperidine rings is 2. The maximum absolute atomic E-state index is 13.3. The molecule has 308 valence electrons. The average Bonchev–Trinajstić information content (AvgIpc) is 3.87. The van der Waals surface area contributed by atoms with Crippen LogP contribution in [0.5, 0.6) is 5.75 Å². The van der Waals surface area contributed by atoms with Gasteiger partial charge in [0.05, 0.1) is 30.0 Å². The van der Waals surface area contributed by atoms with Gasteiger partial charge in [-0.1, -0.05) is 36.4 Å². The number of alkyl halides is 6. The van der Waals surface area contributed by atoms with E-state index in [0.717, 1.165) is 12.1 Å². The van der Waals surface area contributed by atoms with Crippen LogP contribution in [0.1, 0.15) is 91.4 Å². The number of primary amides is 1. The molecule has 0 atom stereocenters. The summed E-state index contributed by atoms with van der Waals surface area (Å²) in [5, 5.41) is 15.8. The van der Waals surface area contributed by atoms with Crippen LogP contribution in [0.4, 0.5) is 26.3 Å². The highest BCUT2D eigenvalue weighted by atomic mass is 19.4. The summed E-state index contributed by atoms with van der Waals surface area (Å²) < 4.78 is 88.0. The van der Waals surface area contributed by atoms with Crippen molar-refractivity contribution in [1.82, 2.24) is 39.0 Å². The first-order valence-electron chi connectivity index (χ1n) is 18.6. The number of carbonyl (C=O) groups is 3. The molecule has 2 N–H and O–H groups in total. The summed E-state index contributed by atoms with van der Waals surface area (Å²) >= 11 is 0. The Labute approximate surface area is 332 Å². The van der Waals surface area contributed by atoms with E-state index in [1.807, 2.05) is 0 Å². The van der Waals surface area contributed by atoms with Gasteiger partial charge in [-0.05, 0) is 85.0 Å². The second-order valence-corrected chi connectivity index (χ2v) is 14.2.